The first-order valence-corrected chi connectivity index (χ1v) is 9.90. The van der Waals surface area contributed by atoms with Crippen LogP contribution in [0.1, 0.15) is 32.1 Å². The van der Waals surface area contributed by atoms with Crippen molar-refractivity contribution >= 4 is 17.7 Å². The van der Waals surface area contributed by atoms with Crippen molar-refractivity contribution in [2.24, 2.45) is 5.41 Å². The van der Waals surface area contributed by atoms with Crippen molar-refractivity contribution in [3.05, 3.63) is 12.3 Å². The van der Waals surface area contributed by atoms with E-state index in [9.17, 15) is 15.0 Å². The largest absolute Gasteiger partial charge is 0.480 e. The Morgan fingerprint density at radius 1 is 1.19 bits per heavy atom. The van der Waals surface area contributed by atoms with Gasteiger partial charge in [0.2, 0.25) is 5.95 Å². The maximum Gasteiger partial charge on any atom is 0.320 e. The number of likely N-dealkylation sites (N-methyl/N-ethyl adjacent to an activating group) is 1. The summed E-state index contributed by atoms with van der Waals surface area (Å²) >= 11 is 0. The van der Waals surface area contributed by atoms with Gasteiger partial charge in [0.15, 0.2) is 0 Å². The molecule has 1 aromatic rings. The number of aliphatic hydroxyl groups excluding tert-OH is 1. The van der Waals surface area contributed by atoms with Crippen LogP contribution in [0.4, 0.5) is 11.8 Å². The van der Waals surface area contributed by atoms with Gasteiger partial charge < -0.3 is 20.0 Å². The third kappa shape index (κ3) is 3.73. The van der Waals surface area contributed by atoms with Gasteiger partial charge in [-0.15, -0.1) is 0 Å². The number of aliphatic hydroxyl groups is 1. The minimum absolute atomic E-state index is 0.106. The summed E-state index contributed by atoms with van der Waals surface area (Å²) in [5.41, 5.74) is 0.106. The molecular formula is C19H29N5O3. The number of aromatic nitrogens is 2. The molecule has 0 radical (unpaired) electrons. The van der Waals surface area contributed by atoms with Crippen molar-refractivity contribution in [2.45, 2.75) is 44.2 Å². The lowest BCUT2D eigenvalue weighted by Crippen LogP contribution is -2.42. The summed E-state index contributed by atoms with van der Waals surface area (Å²) in [4.78, 5) is 27.1. The van der Waals surface area contributed by atoms with E-state index in [0.717, 1.165) is 76.6 Å². The molecule has 1 aromatic heterocycles. The zero-order valence-corrected chi connectivity index (χ0v) is 15.9. The molecule has 8 nitrogen and oxygen atoms in total. The van der Waals surface area contributed by atoms with Crippen molar-refractivity contribution in [2.75, 3.05) is 49.6 Å². The first kappa shape index (κ1) is 18.4. The number of hydrogen-bond acceptors (Lipinski definition) is 7. The zero-order valence-electron chi connectivity index (χ0n) is 15.9. The smallest absolute Gasteiger partial charge is 0.320 e. The Balaban J connectivity index is 1.40. The van der Waals surface area contributed by atoms with E-state index < -0.39 is 5.97 Å². The number of piperidine rings is 2. The molecular weight excluding hydrogens is 346 g/mol. The predicted octanol–water partition coefficient (Wildman–Crippen LogP) is 0.813. The first-order valence-electron chi connectivity index (χ1n) is 9.90. The molecule has 0 bridgehead atoms. The third-order valence-corrected chi connectivity index (χ3v) is 6.55. The quantitative estimate of drug-likeness (QED) is 0.802. The highest BCUT2D eigenvalue weighted by atomic mass is 16.4. The lowest BCUT2D eigenvalue weighted by Gasteiger charge is -2.39. The van der Waals surface area contributed by atoms with Crippen LogP contribution in [0.25, 0.3) is 0 Å². The van der Waals surface area contributed by atoms with Gasteiger partial charge in [-0.1, -0.05) is 0 Å². The molecule has 0 amide bonds. The number of carboxylic acid groups (broad SMARTS) is 1. The first-order chi connectivity index (χ1) is 13.0. The fourth-order valence-electron chi connectivity index (χ4n) is 4.85. The summed E-state index contributed by atoms with van der Waals surface area (Å²) in [6, 6.07) is 1.58. The molecule has 148 valence electrons. The monoisotopic (exact) mass is 375 g/mol. The van der Waals surface area contributed by atoms with Crippen LogP contribution in [0.5, 0.6) is 0 Å². The molecule has 0 aliphatic carbocycles. The second kappa shape index (κ2) is 7.24. The number of likely N-dealkylation sites (tertiary alicyclic amines) is 1. The van der Waals surface area contributed by atoms with E-state index in [4.69, 9.17) is 4.98 Å². The highest BCUT2D eigenvalue weighted by Crippen LogP contribution is 2.43. The van der Waals surface area contributed by atoms with Crippen molar-refractivity contribution in [1.29, 1.82) is 0 Å². The lowest BCUT2D eigenvalue weighted by atomic mass is 9.76. The second-order valence-corrected chi connectivity index (χ2v) is 8.39. The van der Waals surface area contributed by atoms with Crippen molar-refractivity contribution in [1.82, 2.24) is 14.9 Å². The molecule has 27 heavy (non-hydrogen) atoms. The lowest BCUT2D eigenvalue weighted by molar-refractivity contribution is -0.141. The number of nitrogens with zero attached hydrogens (tertiary/aromatic N) is 5. The van der Waals surface area contributed by atoms with Gasteiger partial charge in [0, 0.05) is 38.9 Å². The molecule has 3 aliphatic rings. The van der Waals surface area contributed by atoms with Gasteiger partial charge in [0.1, 0.15) is 11.9 Å². The summed E-state index contributed by atoms with van der Waals surface area (Å²) in [5, 5.41) is 19.1. The predicted molar refractivity (Wildman–Crippen MR) is 102 cm³/mol. The van der Waals surface area contributed by atoms with Gasteiger partial charge in [-0.05, 0) is 50.6 Å². The van der Waals surface area contributed by atoms with Gasteiger partial charge >= 0.3 is 5.97 Å². The molecule has 3 saturated heterocycles. The van der Waals surface area contributed by atoms with E-state index in [2.05, 4.69) is 14.8 Å². The topological polar surface area (TPSA) is 93.0 Å². The van der Waals surface area contributed by atoms with Crippen molar-refractivity contribution < 1.29 is 15.0 Å². The standard InChI is InChI=1S/C19H29N5O3/c1-22-13-19(12-15(22)17(26)27)5-10-24(11-6-19)18-20-7-2-16(21-18)23-8-3-14(25)4-9-23/h2,7,14-15,25H,3-6,8-13H2,1H3,(H,26,27). The highest BCUT2D eigenvalue weighted by Gasteiger charge is 2.46. The molecule has 3 aliphatic heterocycles. The molecule has 1 unspecified atom stereocenters. The van der Waals surface area contributed by atoms with Crippen molar-refractivity contribution in [3.8, 4) is 0 Å². The van der Waals surface area contributed by atoms with Crippen LogP contribution in [0.2, 0.25) is 0 Å². The number of carbonyl (C=O) groups is 1. The summed E-state index contributed by atoms with van der Waals surface area (Å²) in [6.45, 7) is 4.23. The van der Waals surface area contributed by atoms with Crippen LogP contribution in [-0.4, -0.2) is 83.0 Å². The average molecular weight is 375 g/mol. The molecule has 1 atom stereocenters. The number of carboxylic acids is 1. The van der Waals surface area contributed by atoms with Gasteiger partial charge in [0.05, 0.1) is 6.10 Å². The number of rotatable bonds is 3. The molecule has 1 spiro atoms. The fourth-order valence-corrected chi connectivity index (χ4v) is 4.85. The Bertz CT molecular complexity index is 684. The Morgan fingerprint density at radius 3 is 2.52 bits per heavy atom. The van der Waals surface area contributed by atoms with Crippen LogP contribution in [-0.2, 0) is 4.79 Å². The minimum atomic E-state index is -0.709. The maximum atomic E-state index is 11.4. The number of hydrogen-bond donors (Lipinski definition) is 2. The van der Waals surface area contributed by atoms with Gasteiger partial charge in [-0.25, -0.2) is 4.98 Å². The summed E-state index contributed by atoms with van der Waals surface area (Å²) in [5.74, 6) is 0.979. The number of aliphatic carboxylic acids is 1. The minimum Gasteiger partial charge on any atom is -0.480 e. The third-order valence-electron chi connectivity index (χ3n) is 6.55. The molecule has 8 heteroatoms. The summed E-state index contributed by atoms with van der Waals surface area (Å²) in [7, 11) is 1.92. The van der Waals surface area contributed by atoms with Crippen LogP contribution in [0.3, 0.4) is 0 Å². The van der Waals surface area contributed by atoms with E-state index in [1.807, 2.05) is 24.2 Å². The molecule has 0 saturated carbocycles. The Hall–Kier alpha value is -1.93. The Labute approximate surface area is 159 Å². The summed E-state index contributed by atoms with van der Waals surface area (Å²) < 4.78 is 0. The number of anilines is 2. The van der Waals surface area contributed by atoms with E-state index in [-0.39, 0.29) is 17.6 Å². The molecule has 4 rings (SSSR count). The van der Waals surface area contributed by atoms with Crippen LogP contribution in [0, 0.1) is 5.41 Å². The fraction of sp³-hybridized carbons (Fsp3) is 0.737. The Kier molecular flexibility index (Phi) is 4.94. The van der Waals surface area contributed by atoms with E-state index in [1.165, 1.54) is 0 Å². The van der Waals surface area contributed by atoms with E-state index >= 15 is 0 Å². The van der Waals surface area contributed by atoms with Gasteiger partial charge in [0.25, 0.3) is 0 Å². The molecule has 2 N–H and O–H groups in total. The van der Waals surface area contributed by atoms with Gasteiger partial charge in [-0.2, -0.15) is 4.98 Å². The highest BCUT2D eigenvalue weighted by molar-refractivity contribution is 5.74. The summed E-state index contributed by atoms with van der Waals surface area (Å²) in [6.07, 6.45) is 5.88. The molecule has 3 fully saturated rings. The second-order valence-electron chi connectivity index (χ2n) is 8.39. The normalized spacial score (nSPS) is 26.7. The van der Waals surface area contributed by atoms with Crippen LogP contribution < -0.4 is 9.80 Å². The van der Waals surface area contributed by atoms with E-state index in [0.29, 0.717) is 0 Å². The zero-order chi connectivity index (χ0) is 19.0. The maximum absolute atomic E-state index is 11.4. The molecule has 4 heterocycles. The SMILES string of the molecule is CN1CC2(CCN(c3nccc(N4CCC(O)CC4)n3)CC2)CC1C(=O)O. The van der Waals surface area contributed by atoms with Crippen LogP contribution in [0.15, 0.2) is 12.3 Å². The van der Waals surface area contributed by atoms with Gasteiger partial charge in [-0.3, -0.25) is 9.69 Å². The van der Waals surface area contributed by atoms with E-state index in [1.54, 1.807) is 0 Å². The van der Waals surface area contributed by atoms with Crippen LogP contribution >= 0.6 is 0 Å². The molecule has 0 aromatic carbocycles. The van der Waals surface area contributed by atoms with Crippen molar-refractivity contribution in [3.63, 3.8) is 0 Å². The Morgan fingerprint density at radius 2 is 1.89 bits per heavy atom. The average Bonchev–Trinajstić information content (AvgIpc) is 2.99.